The fourth-order valence-corrected chi connectivity index (χ4v) is 2.09. The van der Waals surface area contributed by atoms with Crippen molar-refractivity contribution in [2.24, 2.45) is 0 Å². The van der Waals surface area contributed by atoms with Gasteiger partial charge in [0.2, 0.25) is 0 Å². The summed E-state index contributed by atoms with van der Waals surface area (Å²) in [7, 11) is 1.71. The number of unbranched alkanes of at least 4 members (excludes halogenated alkanes) is 11. The lowest BCUT2D eigenvalue weighted by Crippen LogP contribution is -1.82. The topological polar surface area (TPSA) is 9.23 Å². The van der Waals surface area contributed by atoms with Crippen LogP contribution in [0.15, 0.2) is 12.3 Å². The summed E-state index contributed by atoms with van der Waals surface area (Å²) in [5.74, 6) is 0. The van der Waals surface area contributed by atoms with Gasteiger partial charge in [0.25, 0.3) is 0 Å². The molecule has 0 aliphatic carbocycles. The van der Waals surface area contributed by atoms with Gasteiger partial charge in [-0.1, -0.05) is 71.1 Å². The highest BCUT2D eigenvalue weighted by atomic mass is 16.5. The second-order valence-electron chi connectivity index (χ2n) is 4.93. The van der Waals surface area contributed by atoms with Crippen LogP contribution in [0.25, 0.3) is 0 Å². The van der Waals surface area contributed by atoms with Gasteiger partial charge < -0.3 is 4.74 Å². The van der Waals surface area contributed by atoms with E-state index >= 15 is 0 Å². The van der Waals surface area contributed by atoms with Crippen molar-refractivity contribution in [2.75, 3.05) is 7.11 Å². The number of hydrogen-bond acceptors (Lipinski definition) is 1. The van der Waals surface area contributed by atoms with Crippen molar-refractivity contribution in [1.82, 2.24) is 0 Å². The standard InChI is InChI=1S/C16H32O/c1-3-4-5-6-7-8-9-10-11-12-13-14-15-16-17-2/h15-16H,3-14H2,1-2H3/b16-15+. The highest BCUT2D eigenvalue weighted by Gasteiger charge is 1.92. The minimum Gasteiger partial charge on any atom is -0.505 e. The molecule has 0 spiro atoms. The second kappa shape index (κ2) is 15.5. The Balaban J connectivity index is 2.91. The molecule has 0 bridgehead atoms. The normalized spacial score (nSPS) is 11.2. The molecule has 1 heteroatoms. The second-order valence-corrected chi connectivity index (χ2v) is 4.93. The maximum absolute atomic E-state index is 4.86. The van der Waals surface area contributed by atoms with E-state index in [1.807, 2.05) is 0 Å². The summed E-state index contributed by atoms with van der Waals surface area (Å²) in [5.41, 5.74) is 0. The van der Waals surface area contributed by atoms with Crippen LogP contribution in [0.3, 0.4) is 0 Å². The van der Waals surface area contributed by atoms with Gasteiger partial charge in [-0.15, -0.1) is 0 Å². The molecule has 1 nitrogen and oxygen atoms in total. The van der Waals surface area contributed by atoms with E-state index in [1.54, 1.807) is 13.4 Å². The van der Waals surface area contributed by atoms with E-state index < -0.39 is 0 Å². The molecule has 0 aliphatic rings. The van der Waals surface area contributed by atoms with Gasteiger partial charge in [0.05, 0.1) is 13.4 Å². The Bertz CT molecular complexity index is 152. The molecule has 0 amide bonds. The van der Waals surface area contributed by atoms with Gasteiger partial charge in [-0.2, -0.15) is 0 Å². The van der Waals surface area contributed by atoms with Gasteiger partial charge in [0, 0.05) is 0 Å². The van der Waals surface area contributed by atoms with Crippen molar-refractivity contribution in [3.05, 3.63) is 12.3 Å². The molecule has 0 aromatic heterocycles. The summed E-state index contributed by atoms with van der Waals surface area (Å²) in [4.78, 5) is 0. The summed E-state index contributed by atoms with van der Waals surface area (Å²) >= 11 is 0. The number of methoxy groups -OCH3 is 1. The van der Waals surface area contributed by atoms with Crippen LogP contribution in [-0.4, -0.2) is 7.11 Å². The first-order valence-electron chi connectivity index (χ1n) is 7.59. The summed E-state index contributed by atoms with van der Waals surface area (Å²) in [6.45, 7) is 2.28. The molecule has 0 unspecified atom stereocenters. The van der Waals surface area contributed by atoms with E-state index in [9.17, 15) is 0 Å². The third-order valence-corrected chi connectivity index (χ3v) is 3.21. The zero-order valence-electron chi connectivity index (χ0n) is 12.0. The van der Waals surface area contributed by atoms with Crippen LogP contribution < -0.4 is 0 Å². The van der Waals surface area contributed by atoms with E-state index in [2.05, 4.69) is 13.0 Å². The highest BCUT2D eigenvalue weighted by Crippen LogP contribution is 2.11. The third kappa shape index (κ3) is 15.5. The van der Waals surface area contributed by atoms with Crippen LogP contribution >= 0.6 is 0 Å². The summed E-state index contributed by atoms with van der Waals surface area (Å²) in [6, 6.07) is 0. The molecule has 102 valence electrons. The molecule has 0 aliphatic heterocycles. The maximum atomic E-state index is 4.86. The Hall–Kier alpha value is -0.460. The zero-order chi connectivity index (χ0) is 12.6. The quantitative estimate of drug-likeness (QED) is 0.290. The summed E-state index contributed by atoms with van der Waals surface area (Å²) in [5, 5.41) is 0. The molecule has 0 atom stereocenters. The monoisotopic (exact) mass is 240 g/mol. The minimum absolute atomic E-state index is 1.17. The van der Waals surface area contributed by atoms with Crippen molar-refractivity contribution in [2.45, 2.75) is 84.0 Å². The van der Waals surface area contributed by atoms with Gasteiger partial charge in [-0.3, -0.25) is 0 Å². The molecular weight excluding hydrogens is 208 g/mol. The average molecular weight is 240 g/mol. The molecule has 17 heavy (non-hydrogen) atoms. The lowest BCUT2D eigenvalue weighted by atomic mass is 10.1. The Labute approximate surface area is 109 Å². The van der Waals surface area contributed by atoms with Crippen LogP contribution in [0.5, 0.6) is 0 Å². The van der Waals surface area contributed by atoms with E-state index in [4.69, 9.17) is 4.74 Å². The lowest BCUT2D eigenvalue weighted by molar-refractivity contribution is 0.336. The molecule has 0 saturated carbocycles. The van der Waals surface area contributed by atoms with Gasteiger partial charge in [-0.25, -0.2) is 0 Å². The number of rotatable bonds is 13. The first-order valence-corrected chi connectivity index (χ1v) is 7.59. The predicted molar refractivity (Wildman–Crippen MR) is 77.2 cm³/mol. The van der Waals surface area contributed by atoms with Gasteiger partial charge in [0.1, 0.15) is 0 Å². The Morgan fingerprint density at radius 2 is 1.18 bits per heavy atom. The molecule has 0 heterocycles. The average Bonchev–Trinajstić information content (AvgIpc) is 2.35. The summed E-state index contributed by atoms with van der Waals surface area (Å²) in [6.07, 6.45) is 20.7. The van der Waals surface area contributed by atoms with Crippen LogP contribution in [0.2, 0.25) is 0 Å². The van der Waals surface area contributed by atoms with Crippen molar-refractivity contribution in [1.29, 1.82) is 0 Å². The lowest BCUT2D eigenvalue weighted by Gasteiger charge is -2.01. The molecular formula is C16H32O. The van der Waals surface area contributed by atoms with Gasteiger partial charge >= 0.3 is 0 Å². The molecule has 0 saturated heterocycles. The molecule has 0 fully saturated rings. The highest BCUT2D eigenvalue weighted by molar-refractivity contribution is 4.72. The number of ether oxygens (including phenoxy) is 1. The molecule has 0 aromatic rings. The Kier molecular flexibility index (Phi) is 15.1. The van der Waals surface area contributed by atoms with E-state index in [-0.39, 0.29) is 0 Å². The predicted octanol–water partition coefficient (Wildman–Crippen LogP) is 5.85. The van der Waals surface area contributed by atoms with Crippen molar-refractivity contribution < 1.29 is 4.74 Å². The Morgan fingerprint density at radius 1 is 0.706 bits per heavy atom. The zero-order valence-corrected chi connectivity index (χ0v) is 12.0. The molecule has 0 rings (SSSR count). The van der Waals surface area contributed by atoms with E-state index in [0.29, 0.717) is 0 Å². The van der Waals surface area contributed by atoms with Gasteiger partial charge in [0.15, 0.2) is 0 Å². The van der Waals surface area contributed by atoms with Crippen LogP contribution in [-0.2, 0) is 4.74 Å². The smallest absolute Gasteiger partial charge is 0.0784 e. The number of allylic oxidation sites excluding steroid dienone is 1. The molecule has 0 aromatic carbocycles. The third-order valence-electron chi connectivity index (χ3n) is 3.21. The van der Waals surface area contributed by atoms with Crippen LogP contribution in [0, 0.1) is 0 Å². The fourth-order valence-electron chi connectivity index (χ4n) is 2.09. The first-order chi connectivity index (χ1) is 8.41. The van der Waals surface area contributed by atoms with E-state index in [1.165, 1.54) is 77.0 Å². The largest absolute Gasteiger partial charge is 0.505 e. The molecule has 0 N–H and O–H groups in total. The summed E-state index contributed by atoms with van der Waals surface area (Å²) < 4.78 is 4.86. The van der Waals surface area contributed by atoms with Crippen molar-refractivity contribution >= 4 is 0 Å². The minimum atomic E-state index is 1.17. The van der Waals surface area contributed by atoms with E-state index in [0.717, 1.165) is 0 Å². The maximum Gasteiger partial charge on any atom is 0.0784 e. The number of hydrogen-bond donors (Lipinski definition) is 0. The van der Waals surface area contributed by atoms with Gasteiger partial charge in [-0.05, 0) is 18.9 Å². The SMILES string of the molecule is CCCCCCCCCCCCC/C=C/OC. The fraction of sp³-hybridized carbons (Fsp3) is 0.875. The van der Waals surface area contributed by atoms with Crippen LogP contribution in [0.4, 0.5) is 0 Å². The van der Waals surface area contributed by atoms with Crippen molar-refractivity contribution in [3.8, 4) is 0 Å². The van der Waals surface area contributed by atoms with Crippen LogP contribution in [0.1, 0.15) is 84.0 Å². The Morgan fingerprint density at radius 3 is 1.65 bits per heavy atom. The first kappa shape index (κ1) is 16.5. The van der Waals surface area contributed by atoms with Crippen molar-refractivity contribution in [3.63, 3.8) is 0 Å². The molecule has 0 radical (unpaired) electrons.